The number of hydrogen-bond donors (Lipinski definition) is 1. The van der Waals surface area contributed by atoms with Gasteiger partial charge in [0.25, 0.3) is 5.69 Å². The summed E-state index contributed by atoms with van der Waals surface area (Å²) in [7, 11) is 0. The maximum Gasteiger partial charge on any atom is 0.269 e. The number of halogens is 1. The van der Waals surface area contributed by atoms with Crippen molar-refractivity contribution in [2.24, 2.45) is 0 Å². The molecule has 2 rings (SSSR count). The van der Waals surface area contributed by atoms with Crippen molar-refractivity contribution < 1.29 is 14.5 Å². The molecular formula is C23H28ClN3O4S. The number of rotatable bonds is 11. The molecule has 0 radical (unpaired) electrons. The summed E-state index contributed by atoms with van der Waals surface area (Å²) < 4.78 is 0. The third-order valence-corrected chi connectivity index (χ3v) is 6.28. The third kappa shape index (κ3) is 7.84. The maximum absolute atomic E-state index is 13.1. The number of thioether (sulfide) groups is 1. The van der Waals surface area contributed by atoms with Gasteiger partial charge in [-0.2, -0.15) is 0 Å². The van der Waals surface area contributed by atoms with Crippen LogP contribution in [0, 0.1) is 10.1 Å². The highest BCUT2D eigenvalue weighted by molar-refractivity contribution is 7.99. The van der Waals surface area contributed by atoms with Crippen molar-refractivity contribution in [3.05, 3.63) is 74.8 Å². The Morgan fingerprint density at radius 3 is 2.44 bits per heavy atom. The van der Waals surface area contributed by atoms with Crippen LogP contribution in [0.4, 0.5) is 5.69 Å². The van der Waals surface area contributed by atoms with Crippen molar-refractivity contribution in [1.29, 1.82) is 0 Å². The van der Waals surface area contributed by atoms with Gasteiger partial charge in [0.15, 0.2) is 0 Å². The van der Waals surface area contributed by atoms with Crippen LogP contribution in [0.2, 0.25) is 5.02 Å². The molecule has 0 heterocycles. The van der Waals surface area contributed by atoms with Crippen LogP contribution < -0.4 is 5.32 Å². The maximum atomic E-state index is 13.1. The molecule has 2 atom stereocenters. The fraction of sp³-hybridized carbons (Fsp3) is 0.391. The summed E-state index contributed by atoms with van der Waals surface area (Å²) in [5.74, 6) is 0.347. The number of nitro benzene ring substituents is 1. The third-order valence-electron chi connectivity index (χ3n) is 5.05. The second-order valence-corrected chi connectivity index (χ2v) is 8.98. The molecule has 2 aromatic rings. The van der Waals surface area contributed by atoms with Crippen LogP contribution in [0.5, 0.6) is 0 Å². The molecule has 0 aliphatic carbocycles. The Bertz CT molecular complexity index is 939. The molecule has 0 saturated carbocycles. The number of carbonyl (C=O) groups is 2. The molecule has 32 heavy (non-hydrogen) atoms. The predicted octanol–water partition coefficient (Wildman–Crippen LogP) is 4.81. The van der Waals surface area contributed by atoms with Crippen LogP contribution >= 0.6 is 23.4 Å². The van der Waals surface area contributed by atoms with E-state index in [0.29, 0.717) is 10.8 Å². The number of non-ortho nitro benzene ring substituents is 1. The minimum absolute atomic E-state index is 0.0181. The van der Waals surface area contributed by atoms with E-state index < -0.39 is 11.0 Å². The molecule has 0 fully saturated rings. The molecule has 172 valence electrons. The average molecular weight is 478 g/mol. The number of nitrogens with one attached hydrogen (secondary N) is 1. The lowest BCUT2D eigenvalue weighted by Crippen LogP contribution is -2.50. The molecule has 1 N–H and O–H groups in total. The molecular weight excluding hydrogens is 450 g/mol. The molecule has 7 nitrogen and oxygen atoms in total. The van der Waals surface area contributed by atoms with E-state index in [-0.39, 0.29) is 35.8 Å². The Kier molecular flexibility index (Phi) is 9.99. The second kappa shape index (κ2) is 12.5. The van der Waals surface area contributed by atoms with Crippen LogP contribution in [-0.2, 0) is 21.9 Å². The summed E-state index contributed by atoms with van der Waals surface area (Å²) in [4.78, 5) is 37.7. The first-order valence-electron chi connectivity index (χ1n) is 10.4. The van der Waals surface area contributed by atoms with Crippen molar-refractivity contribution in [2.45, 2.75) is 51.6 Å². The summed E-state index contributed by atoms with van der Waals surface area (Å²) in [5, 5.41) is 14.3. The zero-order chi connectivity index (χ0) is 23.7. The first-order chi connectivity index (χ1) is 15.2. The van der Waals surface area contributed by atoms with E-state index in [4.69, 9.17) is 11.6 Å². The predicted molar refractivity (Wildman–Crippen MR) is 129 cm³/mol. The SMILES string of the molecule is CC[C@H](C)NC(=O)[C@H](C)N(Cc1cccc(Cl)c1)C(=O)CSCc1ccc([N+](=O)[O-])cc1. The number of amides is 2. The molecule has 0 aliphatic heterocycles. The average Bonchev–Trinajstić information content (AvgIpc) is 2.77. The normalized spacial score (nSPS) is 12.6. The molecule has 0 spiro atoms. The largest absolute Gasteiger partial charge is 0.352 e. The van der Waals surface area contributed by atoms with E-state index in [0.717, 1.165) is 17.5 Å². The van der Waals surface area contributed by atoms with Crippen LogP contribution in [-0.4, -0.2) is 39.5 Å². The fourth-order valence-corrected chi connectivity index (χ4v) is 4.02. The van der Waals surface area contributed by atoms with Gasteiger partial charge in [-0.1, -0.05) is 42.8 Å². The highest BCUT2D eigenvalue weighted by Crippen LogP contribution is 2.19. The van der Waals surface area contributed by atoms with Crippen LogP contribution in [0.3, 0.4) is 0 Å². The Hall–Kier alpha value is -2.58. The summed E-state index contributed by atoms with van der Waals surface area (Å²) in [5.41, 5.74) is 1.76. The summed E-state index contributed by atoms with van der Waals surface area (Å²) in [6.45, 7) is 5.90. The molecule has 0 aromatic heterocycles. The van der Waals surface area contributed by atoms with Crippen molar-refractivity contribution in [2.75, 3.05) is 5.75 Å². The van der Waals surface area contributed by atoms with Crippen molar-refractivity contribution in [3.63, 3.8) is 0 Å². The number of carbonyl (C=O) groups excluding carboxylic acids is 2. The highest BCUT2D eigenvalue weighted by Gasteiger charge is 2.26. The molecule has 2 amide bonds. The van der Waals surface area contributed by atoms with E-state index in [1.54, 1.807) is 36.1 Å². The van der Waals surface area contributed by atoms with Gasteiger partial charge in [0.05, 0.1) is 10.7 Å². The molecule has 0 saturated heterocycles. The van der Waals surface area contributed by atoms with E-state index in [9.17, 15) is 19.7 Å². The molecule has 2 aromatic carbocycles. The van der Waals surface area contributed by atoms with Gasteiger partial charge in [-0.25, -0.2) is 0 Å². The molecule has 9 heteroatoms. The lowest BCUT2D eigenvalue weighted by atomic mass is 10.1. The van der Waals surface area contributed by atoms with Crippen LogP contribution in [0.15, 0.2) is 48.5 Å². The Labute approximate surface area is 197 Å². The fourth-order valence-electron chi connectivity index (χ4n) is 2.93. The molecule has 0 aliphatic rings. The van der Waals surface area contributed by atoms with Gasteiger partial charge >= 0.3 is 0 Å². The minimum atomic E-state index is -0.643. The van der Waals surface area contributed by atoms with E-state index >= 15 is 0 Å². The van der Waals surface area contributed by atoms with Crippen molar-refractivity contribution >= 4 is 40.9 Å². The number of benzene rings is 2. The lowest BCUT2D eigenvalue weighted by Gasteiger charge is -2.29. The van der Waals surface area contributed by atoms with E-state index in [1.807, 2.05) is 26.0 Å². The van der Waals surface area contributed by atoms with Gasteiger partial charge in [0.2, 0.25) is 11.8 Å². The number of nitrogens with zero attached hydrogens (tertiary/aromatic N) is 2. The zero-order valence-electron chi connectivity index (χ0n) is 18.4. The van der Waals surface area contributed by atoms with Gasteiger partial charge in [0, 0.05) is 35.5 Å². The van der Waals surface area contributed by atoms with Crippen molar-refractivity contribution in [1.82, 2.24) is 10.2 Å². The highest BCUT2D eigenvalue weighted by atomic mass is 35.5. The standard InChI is InChI=1S/C23H28ClN3O4S/c1-4-16(2)25-23(29)17(3)26(13-19-6-5-7-20(24)12-19)22(28)15-32-14-18-8-10-21(11-9-18)27(30)31/h5-12,16-17H,4,13-15H2,1-3H3,(H,25,29)/t16-,17-/m0/s1. The molecule has 0 bridgehead atoms. The first-order valence-corrected chi connectivity index (χ1v) is 11.9. The first kappa shape index (κ1) is 25.7. The van der Waals surface area contributed by atoms with E-state index in [1.165, 1.54) is 23.9 Å². The van der Waals surface area contributed by atoms with Gasteiger partial charge < -0.3 is 10.2 Å². The molecule has 0 unspecified atom stereocenters. The Balaban J connectivity index is 2.06. The summed E-state index contributed by atoms with van der Waals surface area (Å²) in [6, 6.07) is 12.9. The van der Waals surface area contributed by atoms with Crippen LogP contribution in [0.25, 0.3) is 0 Å². The van der Waals surface area contributed by atoms with Crippen molar-refractivity contribution in [3.8, 4) is 0 Å². The van der Waals surface area contributed by atoms with Gasteiger partial charge in [-0.15, -0.1) is 11.8 Å². The number of hydrogen-bond acceptors (Lipinski definition) is 5. The quantitative estimate of drug-likeness (QED) is 0.370. The Morgan fingerprint density at radius 2 is 1.84 bits per heavy atom. The minimum Gasteiger partial charge on any atom is -0.352 e. The van der Waals surface area contributed by atoms with Gasteiger partial charge in [-0.3, -0.25) is 19.7 Å². The smallest absolute Gasteiger partial charge is 0.269 e. The van der Waals surface area contributed by atoms with E-state index in [2.05, 4.69) is 5.32 Å². The lowest BCUT2D eigenvalue weighted by molar-refractivity contribution is -0.384. The topological polar surface area (TPSA) is 92.6 Å². The van der Waals surface area contributed by atoms with Gasteiger partial charge in [0.1, 0.15) is 6.04 Å². The second-order valence-electron chi connectivity index (χ2n) is 7.56. The Morgan fingerprint density at radius 1 is 1.16 bits per heavy atom. The zero-order valence-corrected chi connectivity index (χ0v) is 20.0. The van der Waals surface area contributed by atoms with Crippen LogP contribution in [0.1, 0.15) is 38.3 Å². The van der Waals surface area contributed by atoms with Gasteiger partial charge in [-0.05, 0) is 43.5 Å². The summed E-state index contributed by atoms with van der Waals surface area (Å²) >= 11 is 7.49. The number of nitro groups is 1. The monoisotopic (exact) mass is 477 g/mol. The summed E-state index contributed by atoms with van der Waals surface area (Å²) in [6.07, 6.45) is 0.797.